The maximum absolute atomic E-state index is 12.5. The molecule has 0 bridgehead atoms. The predicted molar refractivity (Wildman–Crippen MR) is 285 cm³/mol. The van der Waals surface area contributed by atoms with Crippen molar-refractivity contribution in [2.75, 3.05) is 37.0 Å². The van der Waals surface area contributed by atoms with Crippen LogP contribution in [0.4, 0.5) is 34.6 Å². The minimum absolute atomic E-state index is 0. The molecule has 6 rings (SSSR count). The first kappa shape index (κ1) is 56.2. The van der Waals surface area contributed by atoms with Gasteiger partial charge in [-0.15, -0.1) is 24.0 Å². The summed E-state index contributed by atoms with van der Waals surface area (Å²) in [6.45, 7) is 1.13. The Balaban J connectivity index is 0.000000350. The second-order valence-corrected chi connectivity index (χ2v) is 15.8. The number of benzene rings is 4. The van der Waals surface area contributed by atoms with Crippen molar-refractivity contribution in [1.29, 1.82) is 0 Å². The van der Waals surface area contributed by atoms with E-state index < -0.39 is 0 Å². The van der Waals surface area contributed by atoms with E-state index in [1.807, 2.05) is 119 Å². The highest BCUT2D eigenvalue weighted by Crippen LogP contribution is 2.37. The van der Waals surface area contributed by atoms with Crippen LogP contribution in [0.2, 0.25) is 10.0 Å². The normalized spacial score (nSPS) is 10.2. The second-order valence-electron chi connectivity index (χ2n) is 15.0. The van der Waals surface area contributed by atoms with Gasteiger partial charge in [-0.25, -0.2) is 19.9 Å². The maximum atomic E-state index is 12.5. The number of unbranched alkanes of at least 4 members (excludes halogenated alkanes) is 6. The quantitative estimate of drug-likeness (QED) is 0.0378. The number of rotatable bonds is 22. The molecule has 6 aromatic rings. The number of nitrogens with one attached hydrogen (secondary N) is 4. The van der Waals surface area contributed by atoms with Gasteiger partial charge >= 0.3 is 0 Å². The molecule has 0 radical (unpaired) electrons. The van der Waals surface area contributed by atoms with Gasteiger partial charge in [0.2, 0.25) is 23.7 Å². The molecule has 0 saturated heterocycles. The molecule has 17 heteroatoms. The molecular weight excluding hydrogens is 1010 g/mol. The fraction of sp³-hybridized carbons (Fsp3) is 0.294. The molecule has 4 amide bonds. The summed E-state index contributed by atoms with van der Waals surface area (Å²) in [7, 11) is 3.29. The highest BCUT2D eigenvalue weighted by Gasteiger charge is 2.20. The number of aromatic nitrogens is 4. The van der Waals surface area contributed by atoms with Gasteiger partial charge in [0.25, 0.3) is 11.8 Å². The van der Waals surface area contributed by atoms with E-state index in [2.05, 4.69) is 41.2 Å². The third-order valence-corrected chi connectivity index (χ3v) is 10.8. The lowest BCUT2D eigenvalue weighted by Crippen LogP contribution is -2.25. The Labute approximate surface area is 427 Å². The maximum Gasteiger partial charge on any atom is 0.254 e. The third kappa shape index (κ3) is 17.8. The summed E-state index contributed by atoms with van der Waals surface area (Å²) in [5.74, 6) is 0.537. The summed E-state index contributed by atoms with van der Waals surface area (Å²) >= 11 is 12.9. The molecule has 4 aromatic carbocycles. The Morgan fingerprint density at radius 2 is 0.794 bits per heavy atom. The van der Waals surface area contributed by atoms with Crippen LogP contribution in [0.1, 0.15) is 92.4 Å². The molecule has 68 heavy (non-hydrogen) atoms. The fourth-order valence-corrected chi connectivity index (χ4v) is 7.08. The molecule has 2 heterocycles. The van der Waals surface area contributed by atoms with Crippen molar-refractivity contribution < 1.29 is 19.2 Å². The minimum Gasteiger partial charge on any atom is -0.359 e. The number of para-hydroxylation sites is 4. The van der Waals surface area contributed by atoms with Crippen LogP contribution in [0, 0.1) is 0 Å². The van der Waals surface area contributed by atoms with E-state index in [1.54, 1.807) is 14.1 Å². The highest BCUT2D eigenvalue weighted by atomic mass is 127. The van der Waals surface area contributed by atoms with Gasteiger partial charge in [-0.3, -0.25) is 29.0 Å². The monoisotopic (exact) mass is 1070 g/mol. The van der Waals surface area contributed by atoms with Crippen LogP contribution < -0.4 is 31.1 Å². The highest BCUT2D eigenvalue weighted by molar-refractivity contribution is 14.0. The standard InChI is InChI=1S/2C25H28ClN5O2.CH4.HI/c2*1-27-23(32)15-7-2-3-10-16-28-24(33)19-17-29-25(30-18-19)31(20-11-5-4-6-12-20)22-14-9-8-13-21(22)26;;/h2*4-6,8-9,11-14,17-18H,2-3,7,10,15-16H2,1H3,(H,27,32)(H,28,33);1H4;1H. The Morgan fingerprint density at radius 3 is 1.13 bits per heavy atom. The molecule has 0 aliphatic heterocycles. The summed E-state index contributed by atoms with van der Waals surface area (Å²) in [6.07, 6.45) is 14.4. The van der Waals surface area contributed by atoms with Crippen LogP contribution in [0.25, 0.3) is 0 Å². The van der Waals surface area contributed by atoms with Crippen molar-refractivity contribution in [2.24, 2.45) is 0 Å². The number of amides is 4. The van der Waals surface area contributed by atoms with E-state index >= 15 is 0 Å². The van der Waals surface area contributed by atoms with Crippen molar-refractivity contribution >= 4 is 105 Å². The average Bonchev–Trinajstić information content (AvgIpc) is 3.35. The molecule has 0 unspecified atom stereocenters. The van der Waals surface area contributed by atoms with Crippen molar-refractivity contribution in [3.8, 4) is 0 Å². The number of nitrogens with zero attached hydrogens (tertiary/aromatic N) is 6. The van der Waals surface area contributed by atoms with Crippen molar-refractivity contribution in [3.05, 3.63) is 155 Å². The number of anilines is 6. The second kappa shape index (κ2) is 31.0. The predicted octanol–water partition coefficient (Wildman–Crippen LogP) is 11.3. The van der Waals surface area contributed by atoms with Crippen LogP contribution in [0.3, 0.4) is 0 Å². The SMILES string of the molecule is C.CNC(=O)CCCCCCNC(=O)c1cnc(N(c2ccccc2)c2ccccc2Cl)nc1.CNC(=O)CCCCCCNC(=O)c1cnc(N(c2ccccc2)c2ccccc2Cl)nc1.I. The third-order valence-electron chi connectivity index (χ3n) is 10.2. The average molecular weight is 1080 g/mol. The van der Waals surface area contributed by atoms with Gasteiger partial charge in [0.15, 0.2) is 0 Å². The summed E-state index contributed by atoms with van der Waals surface area (Å²) in [5.41, 5.74) is 4.01. The molecule has 0 aliphatic rings. The zero-order chi connectivity index (χ0) is 46.9. The summed E-state index contributed by atoms with van der Waals surface area (Å²) < 4.78 is 0. The molecule has 0 fully saturated rings. The van der Waals surface area contributed by atoms with Crippen LogP contribution in [-0.2, 0) is 9.59 Å². The van der Waals surface area contributed by atoms with Crippen molar-refractivity contribution in [2.45, 2.75) is 71.6 Å². The molecular formula is C51H61Cl2IN10O4. The Bertz CT molecular complexity index is 2270. The van der Waals surface area contributed by atoms with E-state index in [-0.39, 0.29) is 55.0 Å². The fourth-order valence-electron chi connectivity index (χ4n) is 6.64. The lowest BCUT2D eigenvalue weighted by molar-refractivity contribution is -0.121. The van der Waals surface area contributed by atoms with E-state index in [4.69, 9.17) is 23.2 Å². The summed E-state index contributed by atoms with van der Waals surface area (Å²) in [4.78, 5) is 68.8. The number of carbonyl (C=O) groups excluding carboxylic acids is 4. The van der Waals surface area contributed by atoms with Crippen LogP contribution in [0.5, 0.6) is 0 Å². The Hall–Kier alpha value is -6.17. The number of hydrogen-bond acceptors (Lipinski definition) is 10. The molecule has 0 atom stereocenters. The van der Waals surface area contributed by atoms with Crippen LogP contribution >= 0.6 is 47.2 Å². The number of halogens is 3. The summed E-state index contributed by atoms with van der Waals surface area (Å²) in [6, 6.07) is 34.3. The van der Waals surface area contributed by atoms with Gasteiger partial charge in [0.1, 0.15) is 0 Å². The Morgan fingerprint density at radius 1 is 0.471 bits per heavy atom. The molecule has 4 N–H and O–H groups in total. The minimum atomic E-state index is -0.212. The summed E-state index contributed by atoms with van der Waals surface area (Å²) in [5, 5.41) is 12.2. The van der Waals surface area contributed by atoms with Gasteiger partial charge in [-0.05, 0) is 74.2 Å². The zero-order valence-corrected chi connectivity index (χ0v) is 41.5. The largest absolute Gasteiger partial charge is 0.359 e. The van der Waals surface area contributed by atoms with E-state index in [0.717, 1.165) is 74.1 Å². The lowest BCUT2D eigenvalue weighted by Gasteiger charge is -2.23. The van der Waals surface area contributed by atoms with E-state index in [0.29, 0.717) is 59.0 Å². The first-order valence-corrected chi connectivity index (χ1v) is 22.8. The smallest absolute Gasteiger partial charge is 0.254 e. The molecule has 0 spiro atoms. The van der Waals surface area contributed by atoms with Gasteiger partial charge in [0, 0.05) is 76.2 Å². The van der Waals surface area contributed by atoms with Crippen molar-refractivity contribution in [1.82, 2.24) is 41.2 Å². The van der Waals surface area contributed by atoms with E-state index in [9.17, 15) is 19.2 Å². The van der Waals surface area contributed by atoms with Crippen LogP contribution in [-0.4, -0.2) is 70.7 Å². The first-order valence-electron chi connectivity index (χ1n) is 22.0. The van der Waals surface area contributed by atoms with Gasteiger partial charge in [0.05, 0.1) is 32.5 Å². The zero-order valence-electron chi connectivity index (χ0n) is 37.7. The lowest BCUT2D eigenvalue weighted by atomic mass is 10.1. The molecule has 360 valence electrons. The number of hydrogen-bond donors (Lipinski definition) is 4. The molecule has 0 saturated carbocycles. The van der Waals surface area contributed by atoms with Gasteiger partial charge in [-0.1, -0.05) is 117 Å². The molecule has 0 aliphatic carbocycles. The van der Waals surface area contributed by atoms with Crippen LogP contribution in [0.15, 0.2) is 134 Å². The first-order chi connectivity index (χ1) is 32.2. The van der Waals surface area contributed by atoms with E-state index in [1.165, 1.54) is 24.8 Å². The van der Waals surface area contributed by atoms with Gasteiger partial charge < -0.3 is 21.3 Å². The van der Waals surface area contributed by atoms with Crippen molar-refractivity contribution in [3.63, 3.8) is 0 Å². The molecule has 2 aromatic heterocycles. The van der Waals surface area contributed by atoms with Gasteiger partial charge in [-0.2, -0.15) is 0 Å². The molecule has 14 nitrogen and oxygen atoms in total. The Kier molecular flexibility index (Phi) is 25.6. The topological polar surface area (TPSA) is 174 Å². The number of carbonyl (C=O) groups is 4.